The molecule has 0 amide bonds. The van der Waals surface area contributed by atoms with E-state index in [4.69, 9.17) is 5.73 Å². The van der Waals surface area contributed by atoms with Crippen molar-refractivity contribution in [2.45, 2.75) is 38.6 Å². The van der Waals surface area contributed by atoms with Crippen LogP contribution in [0.3, 0.4) is 0 Å². The minimum absolute atomic E-state index is 0.0655. The van der Waals surface area contributed by atoms with Crippen LogP contribution in [0, 0.1) is 0 Å². The molecule has 0 spiro atoms. The quantitative estimate of drug-likeness (QED) is 0.627. The Balaban J connectivity index is 2.93. The number of nitrogens with two attached hydrogens (primary N) is 1. The maximum Gasteiger partial charge on any atom is 0.144 e. The van der Waals surface area contributed by atoms with Crippen LogP contribution in [0.4, 0.5) is 0 Å². The number of benzene rings is 1. The smallest absolute Gasteiger partial charge is 0.144 e. The van der Waals surface area contributed by atoms with E-state index in [0.717, 1.165) is 22.9 Å². The summed E-state index contributed by atoms with van der Waals surface area (Å²) >= 11 is 10.2. The van der Waals surface area contributed by atoms with Crippen LogP contribution >= 0.6 is 47.8 Å². The molecular formula is C12H16Br3NO. The van der Waals surface area contributed by atoms with Crippen LogP contribution in [0.1, 0.15) is 44.2 Å². The van der Waals surface area contributed by atoms with Crippen molar-refractivity contribution in [3.63, 3.8) is 0 Å². The third kappa shape index (κ3) is 3.94. The third-order valence-corrected chi connectivity index (χ3v) is 4.73. The van der Waals surface area contributed by atoms with E-state index in [2.05, 4.69) is 54.7 Å². The molecule has 0 bridgehead atoms. The highest BCUT2D eigenvalue weighted by atomic mass is 79.9. The van der Waals surface area contributed by atoms with Crippen molar-refractivity contribution in [2.24, 2.45) is 5.73 Å². The van der Waals surface area contributed by atoms with Gasteiger partial charge in [-0.15, -0.1) is 0 Å². The Labute approximate surface area is 127 Å². The Morgan fingerprint density at radius 1 is 1.24 bits per heavy atom. The molecule has 0 aliphatic heterocycles. The first-order valence-corrected chi connectivity index (χ1v) is 7.98. The van der Waals surface area contributed by atoms with Crippen LogP contribution in [-0.2, 0) is 0 Å². The monoisotopic (exact) mass is 427 g/mol. The average Bonchev–Trinajstić information content (AvgIpc) is 2.26. The first-order chi connectivity index (χ1) is 7.99. The molecule has 17 heavy (non-hydrogen) atoms. The maximum atomic E-state index is 9.86. The second kappa shape index (κ2) is 7.12. The standard InChI is InChI=1S/C12H16Br3NO/c1-2-3-4-5-9(16)10-7(13)6-8(14)12(17)11(10)15/h6,9,17H,2-5,16H2,1H3/t9-/m0/s1. The van der Waals surface area contributed by atoms with Crippen molar-refractivity contribution < 1.29 is 5.11 Å². The molecule has 0 heterocycles. The second-order valence-electron chi connectivity index (χ2n) is 4.02. The van der Waals surface area contributed by atoms with Crippen molar-refractivity contribution in [3.05, 3.63) is 25.0 Å². The van der Waals surface area contributed by atoms with Crippen molar-refractivity contribution >= 4 is 47.8 Å². The first-order valence-electron chi connectivity index (χ1n) is 5.61. The summed E-state index contributed by atoms with van der Waals surface area (Å²) in [6, 6.07) is 1.76. The molecular weight excluding hydrogens is 414 g/mol. The summed E-state index contributed by atoms with van der Waals surface area (Å²) in [4.78, 5) is 0. The largest absolute Gasteiger partial charge is 0.506 e. The molecule has 0 radical (unpaired) electrons. The first kappa shape index (κ1) is 15.5. The van der Waals surface area contributed by atoms with Crippen LogP contribution in [-0.4, -0.2) is 5.11 Å². The van der Waals surface area contributed by atoms with Crippen molar-refractivity contribution in [2.75, 3.05) is 0 Å². The molecule has 0 saturated heterocycles. The van der Waals surface area contributed by atoms with Gasteiger partial charge in [0.1, 0.15) is 5.75 Å². The van der Waals surface area contributed by atoms with Crippen LogP contribution in [0.2, 0.25) is 0 Å². The van der Waals surface area contributed by atoms with Gasteiger partial charge in [0, 0.05) is 16.1 Å². The molecule has 0 aromatic heterocycles. The molecule has 0 aliphatic rings. The van der Waals surface area contributed by atoms with Gasteiger partial charge in [-0.25, -0.2) is 0 Å². The van der Waals surface area contributed by atoms with Crippen LogP contribution in [0.5, 0.6) is 5.75 Å². The molecule has 1 aromatic rings. The number of phenolic OH excluding ortho intramolecular Hbond substituents is 1. The fraction of sp³-hybridized carbons (Fsp3) is 0.500. The molecule has 0 unspecified atom stereocenters. The van der Waals surface area contributed by atoms with E-state index in [1.54, 1.807) is 0 Å². The minimum Gasteiger partial charge on any atom is -0.506 e. The van der Waals surface area contributed by atoms with E-state index < -0.39 is 0 Å². The molecule has 3 N–H and O–H groups in total. The second-order valence-corrected chi connectivity index (χ2v) is 6.52. The summed E-state index contributed by atoms with van der Waals surface area (Å²) in [5.74, 6) is 0.203. The number of aromatic hydroxyl groups is 1. The molecule has 96 valence electrons. The summed E-state index contributed by atoms with van der Waals surface area (Å²) < 4.78 is 2.24. The summed E-state index contributed by atoms with van der Waals surface area (Å²) in [7, 11) is 0. The van der Waals surface area contributed by atoms with Gasteiger partial charge in [-0.05, 0) is 44.3 Å². The Kier molecular flexibility index (Phi) is 6.48. The summed E-state index contributed by atoms with van der Waals surface area (Å²) in [5, 5.41) is 9.86. The molecule has 1 aromatic carbocycles. The topological polar surface area (TPSA) is 46.2 Å². The van der Waals surface area contributed by atoms with E-state index in [1.807, 2.05) is 6.07 Å². The Bertz CT molecular complexity index is 396. The SMILES string of the molecule is CCCCC[C@H](N)c1c(Br)cc(Br)c(O)c1Br. The lowest BCUT2D eigenvalue weighted by Crippen LogP contribution is -2.11. The normalized spacial score (nSPS) is 12.8. The predicted octanol–water partition coefficient (Wildman–Crippen LogP) is 5.26. The number of phenols is 1. The lowest BCUT2D eigenvalue weighted by atomic mass is 10.0. The summed E-state index contributed by atoms with van der Waals surface area (Å²) in [6.07, 6.45) is 4.39. The molecule has 1 atom stereocenters. The van der Waals surface area contributed by atoms with Crippen molar-refractivity contribution in [3.8, 4) is 5.75 Å². The van der Waals surface area contributed by atoms with E-state index in [0.29, 0.717) is 8.95 Å². The zero-order valence-corrected chi connectivity index (χ0v) is 14.4. The summed E-state index contributed by atoms with van der Waals surface area (Å²) in [6.45, 7) is 2.17. The zero-order valence-electron chi connectivity index (χ0n) is 9.64. The van der Waals surface area contributed by atoms with Gasteiger partial charge in [-0.2, -0.15) is 0 Å². The number of unbranched alkanes of at least 4 members (excludes halogenated alkanes) is 2. The van der Waals surface area contributed by atoms with Gasteiger partial charge in [0.15, 0.2) is 0 Å². The van der Waals surface area contributed by atoms with Gasteiger partial charge < -0.3 is 10.8 Å². The fourth-order valence-electron chi connectivity index (χ4n) is 1.69. The Morgan fingerprint density at radius 2 is 1.88 bits per heavy atom. The van der Waals surface area contributed by atoms with E-state index >= 15 is 0 Å². The number of hydrogen-bond acceptors (Lipinski definition) is 2. The zero-order chi connectivity index (χ0) is 13.0. The van der Waals surface area contributed by atoms with E-state index in [9.17, 15) is 5.11 Å². The van der Waals surface area contributed by atoms with Gasteiger partial charge in [-0.3, -0.25) is 0 Å². The van der Waals surface area contributed by atoms with Crippen LogP contribution in [0.25, 0.3) is 0 Å². The highest BCUT2D eigenvalue weighted by Crippen LogP contribution is 2.42. The van der Waals surface area contributed by atoms with Gasteiger partial charge in [-0.1, -0.05) is 42.1 Å². The van der Waals surface area contributed by atoms with Crippen LogP contribution in [0.15, 0.2) is 19.5 Å². The highest BCUT2D eigenvalue weighted by Gasteiger charge is 2.18. The fourth-order valence-corrected chi connectivity index (χ4v) is 4.40. The number of halogens is 3. The predicted molar refractivity (Wildman–Crippen MR) is 82.3 cm³/mol. The van der Waals surface area contributed by atoms with Crippen LogP contribution < -0.4 is 5.73 Å². The molecule has 0 aliphatic carbocycles. The van der Waals surface area contributed by atoms with Gasteiger partial charge >= 0.3 is 0 Å². The third-order valence-electron chi connectivity index (χ3n) is 2.67. The van der Waals surface area contributed by atoms with E-state index in [1.165, 1.54) is 12.8 Å². The van der Waals surface area contributed by atoms with E-state index in [-0.39, 0.29) is 11.8 Å². The number of rotatable bonds is 5. The molecule has 0 fully saturated rings. The molecule has 0 saturated carbocycles. The van der Waals surface area contributed by atoms with Gasteiger partial charge in [0.2, 0.25) is 0 Å². The highest BCUT2D eigenvalue weighted by molar-refractivity contribution is 9.11. The molecule has 1 rings (SSSR count). The average molecular weight is 430 g/mol. The molecule has 2 nitrogen and oxygen atoms in total. The number of hydrogen-bond donors (Lipinski definition) is 2. The Morgan fingerprint density at radius 3 is 2.47 bits per heavy atom. The van der Waals surface area contributed by atoms with Crippen molar-refractivity contribution in [1.29, 1.82) is 0 Å². The Hall–Kier alpha value is 0.420. The van der Waals surface area contributed by atoms with Gasteiger partial charge in [0.25, 0.3) is 0 Å². The van der Waals surface area contributed by atoms with Crippen molar-refractivity contribution in [1.82, 2.24) is 0 Å². The summed E-state index contributed by atoms with van der Waals surface area (Å²) in [5.41, 5.74) is 7.10. The maximum absolute atomic E-state index is 9.86. The lowest BCUT2D eigenvalue weighted by molar-refractivity contribution is 0.465. The van der Waals surface area contributed by atoms with Gasteiger partial charge in [0.05, 0.1) is 8.95 Å². The lowest BCUT2D eigenvalue weighted by Gasteiger charge is -2.17. The minimum atomic E-state index is -0.0655. The molecule has 5 heteroatoms.